The lowest BCUT2D eigenvalue weighted by molar-refractivity contribution is 0.584. The average molecular weight is 297 g/mol. The largest absolute Gasteiger partial charge is 0.384 e. The third kappa shape index (κ3) is 3.42. The van der Waals surface area contributed by atoms with Gasteiger partial charge in [-0.05, 0) is 11.6 Å². The molecular formula is C15H15N5S. The van der Waals surface area contributed by atoms with Crippen molar-refractivity contribution >= 4 is 17.2 Å². The summed E-state index contributed by atoms with van der Waals surface area (Å²) in [7, 11) is 0. The summed E-state index contributed by atoms with van der Waals surface area (Å²) in [4.78, 5) is 12.8. The summed E-state index contributed by atoms with van der Waals surface area (Å²) in [5.74, 6) is 1.15. The van der Waals surface area contributed by atoms with Crippen LogP contribution < -0.4 is 11.1 Å². The molecule has 2 aromatic heterocycles. The van der Waals surface area contributed by atoms with Crippen LogP contribution in [-0.4, -0.2) is 15.0 Å². The summed E-state index contributed by atoms with van der Waals surface area (Å²) >= 11 is 1.63. The summed E-state index contributed by atoms with van der Waals surface area (Å²) < 4.78 is 0. The number of nitrogens with zero attached hydrogens (tertiary/aromatic N) is 3. The Bertz CT molecular complexity index is 684. The Morgan fingerprint density at radius 1 is 1.10 bits per heavy atom. The van der Waals surface area contributed by atoms with Crippen molar-refractivity contribution < 1.29 is 0 Å². The van der Waals surface area contributed by atoms with Crippen molar-refractivity contribution in [3.8, 4) is 0 Å². The van der Waals surface area contributed by atoms with Gasteiger partial charge >= 0.3 is 0 Å². The van der Waals surface area contributed by atoms with Crippen LogP contribution in [0.3, 0.4) is 0 Å². The summed E-state index contributed by atoms with van der Waals surface area (Å²) in [6, 6.07) is 11.9. The van der Waals surface area contributed by atoms with E-state index in [9.17, 15) is 0 Å². The zero-order valence-corrected chi connectivity index (χ0v) is 12.1. The molecule has 1 aromatic carbocycles. The number of anilines is 1. The molecule has 0 saturated heterocycles. The highest BCUT2D eigenvalue weighted by Crippen LogP contribution is 2.23. The van der Waals surface area contributed by atoms with E-state index in [4.69, 9.17) is 5.73 Å². The fourth-order valence-corrected chi connectivity index (χ4v) is 2.80. The predicted octanol–water partition coefficient (Wildman–Crippen LogP) is 2.39. The predicted molar refractivity (Wildman–Crippen MR) is 83.7 cm³/mol. The minimum absolute atomic E-state index is 0.0243. The Morgan fingerprint density at radius 3 is 2.67 bits per heavy atom. The standard InChI is InChI=1S/C15H15N5S/c16-12-6-7-17-13(20-12)10-19-14(15-18-8-9-21-15)11-4-2-1-3-5-11/h1-9,14,19H,10H2,(H2,16,17,20). The van der Waals surface area contributed by atoms with Gasteiger partial charge in [0.25, 0.3) is 0 Å². The van der Waals surface area contributed by atoms with Gasteiger partial charge in [-0.25, -0.2) is 15.0 Å². The normalized spacial score (nSPS) is 12.2. The first-order valence-corrected chi connectivity index (χ1v) is 7.46. The number of thiazole rings is 1. The molecule has 0 saturated carbocycles. The monoisotopic (exact) mass is 297 g/mol. The van der Waals surface area contributed by atoms with Crippen molar-refractivity contribution in [2.75, 3.05) is 5.73 Å². The number of aromatic nitrogens is 3. The summed E-state index contributed by atoms with van der Waals surface area (Å²) in [6.07, 6.45) is 3.48. The van der Waals surface area contributed by atoms with Gasteiger partial charge in [0.2, 0.25) is 0 Å². The van der Waals surface area contributed by atoms with Crippen LogP contribution in [0.4, 0.5) is 5.82 Å². The molecule has 2 heterocycles. The van der Waals surface area contributed by atoms with E-state index in [0.29, 0.717) is 18.2 Å². The molecule has 0 aliphatic carbocycles. The van der Waals surface area contributed by atoms with Gasteiger partial charge < -0.3 is 5.73 Å². The number of nitrogens with two attached hydrogens (primary N) is 1. The SMILES string of the molecule is Nc1ccnc(CNC(c2ccccc2)c2nccs2)n1. The van der Waals surface area contributed by atoms with E-state index in [1.165, 1.54) is 0 Å². The molecule has 0 aliphatic rings. The second-order valence-corrected chi connectivity index (χ2v) is 5.42. The maximum Gasteiger partial charge on any atom is 0.144 e. The molecule has 0 radical (unpaired) electrons. The lowest BCUT2D eigenvalue weighted by Crippen LogP contribution is -2.23. The summed E-state index contributed by atoms with van der Waals surface area (Å²) in [5.41, 5.74) is 6.84. The van der Waals surface area contributed by atoms with Crippen molar-refractivity contribution in [2.24, 2.45) is 0 Å². The van der Waals surface area contributed by atoms with E-state index in [-0.39, 0.29) is 6.04 Å². The zero-order valence-electron chi connectivity index (χ0n) is 11.3. The Kier molecular flexibility index (Phi) is 4.18. The number of nitrogen functional groups attached to an aromatic ring is 1. The third-order valence-corrected chi connectivity index (χ3v) is 3.86. The van der Waals surface area contributed by atoms with Gasteiger partial charge in [-0.2, -0.15) is 0 Å². The zero-order chi connectivity index (χ0) is 14.5. The molecule has 0 amide bonds. The van der Waals surface area contributed by atoms with Crippen LogP contribution in [0, 0.1) is 0 Å². The van der Waals surface area contributed by atoms with Gasteiger partial charge in [-0.15, -0.1) is 11.3 Å². The number of nitrogens with one attached hydrogen (secondary N) is 1. The van der Waals surface area contributed by atoms with Crippen LogP contribution in [0.25, 0.3) is 0 Å². The van der Waals surface area contributed by atoms with Crippen molar-refractivity contribution in [2.45, 2.75) is 12.6 Å². The molecule has 21 heavy (non-hydrogen) atoms. The molecule has 6 heteroatoms. The summed E-state index contributed by atoms with van der Waals surface area (Å²) in [5, 5.41) is 6.44. The fourth-order valence-electron chi connectivity index (χ4n) is 2.06. The minimum Gasteiger partial charge on any atom is -0.384 e. The van der Waals surface area contributed by atoms with E-state index in [1.54, 1.807) is 23.6 Å². The Morgan fingerprint density at radius 2 is 1.95 bits per heavy atom. The second-order valence-electron chi connectivity index (χ2n) is 4.49. The van der Waals surface area contributed by atoms with Gasteiger partial charge in [0.1, 0.15) is 16.6 Å². The molecule has 106 valence electrons. The van der Waals surface area contributed by atoms with Gasteiger partial charge in [-0.3, -0.25) is 5.32 Å². The molecule has 0 fully saturated rings. The molecule has 5 nitrogen and oxygen atoms in total. The Labute approximate surface area is 126 Å². The van der Waals surface area contributed by atoms with Crippen LogP contribution in [0.15, 0.2) is 54.2 Å². The first-order valence-electron chi connectivity index (χ1n) is 6.58. The highest BCUT2D eigenvalue weighted by atomic mass is 32.1. The molecule has 3 N–H and O–H groups in total. The van der Waals surface area contributed by atoms with Crippen molar-refractivity contribution in [3.63, 3.8) is 0 Å². The molecule has 3 rings (SSSR count). The maximum atomic E-state index is 5.68. The maximum absolute atomic E-state index is 5.68. The molecule has 3 aromatic rings. The molecular weight excluding hydrogens is 282 g/mol. The highest BCUT2D eigenvalue weighted by Gasteiger charge is 2.16. The molecule has 0 aliphatic heterocycles. The number of benzene rings is 1. The van der Waals surface area contributed by atoms with Crippen molar-refractivity contribution in [3.05, 3.63) is 70.6 Å². The van der Waals surface area contributed by atoms with Gasteiger partial charge in [0, 0.05) is 17.8 Å². The molecule has 1 atom stereocenters. The van der Waals surface area contributed by atoms with E-state index in [0.717, 1.165) is 10.6 Å². The lowest BCUT2D eigenvalue weighted by atomic mass is 10.1. The van der Waals surface area contributed by atoms with Crippen molar-refractivity contribution in [1.82, 2.24) is 20.3 Å². The van der Waals surface area contributed by atoms with E-state index < -0.39 is 0 Å². The number of hydrogen-bond donors (Lipinski definition) is 2. The van der Waals surface area contributed by atoms with Crippen LogP contribution in [0.1, 0.15) is 22.4 Å². The molecule has 1 unspecified atom stereocenters. The Balaban J connectivity index is 1.80. The first kappa shape index (κ1) is 13.7. The van der Waals surface area contributed by atoms with Crippen molar-refractivity contribution in [1.29, 1.82) is 0 Å². The molecule has 0 spiro atoms. The number of hydrogen-bond acceptors (Lipinski definition) is 6. The lowest BCUT2D eigenvalue weighted by Gasteiger charge is -2.16. The minimum atomic E-state index is 0.0243. The van der Waals surface area contributed by atoms with Gasteiger partial charge in [0.15, 0.2) is 0 Å². The summed E-state index contributed by atoms with van der Waals surface area (Å²) in [6.45, 7) is 0.532. The average Bonchev–Trinajstić information content (AvgIpc) is 3.03. The van der Waals surface area contributed by atoms with Gasteiger partial charge in [-0.1, -0.05) is 30.3 Å². The van der Waals surface area contributed by atoms with Crippen LogP contribution in [-0.2, 0) is 6.54 Å². The number of rotatable bonds is 5. The quantitative estimate of drug-likeness (QED) is 0.756. The van der Waals surface area contributed by atoms with Gasteiger partial charge in [0.05, 0.1) is 12.6 Å². The Hall–Kier alpha value is -2.31. The topological polar surface area (TPSA) is 76.7 Å². The highest BCUT2D eigenvalue weighted by molar-refractivity contribution is 7.09. The third-order valence-electron chi connectivity index (χ3n) is 3.02. The van der Waals surface area contributed by atoms with E-state index >= 15 is 0 Å². The van der Waals surface area contributed by atoms with Crippen LogP contribution in [0.5, 0.6) is 0 Å². The fraction of sp³-hybridized carbons (Fsp3) is 0.133. The smallest absolute Gasteiger partial charge is 0.144 e. The first-order chi connectivity index (χ1) is 10.3. The molecule has 0 bridgehead atoms. The second kappa shape index (κ2) is 6.43. The van der Waals surface area contributed by atoms with E-state index in [2.05, 4.69) is 32.4 Å². The van der Waals surface area contributed by atoms with E-state index in [1.807, 2.05) is 29.8 Å². The van der Waals surface area contributed by atoms with Crippen LogP contribution >= 0.6 is 11.3 Å². The van der Waals surface area contributed by atoms with Crippen LogP contribution in [0.2, 0.25) is 0 Å².